The minimum atomic E-state index is 0. The largest absolute Gasteiger partial charge is 0.358 e. The van der Waals surface area contributed by atoms with Gasteiger partial charge in [0.25, 0.3) is 0 Å². The predicted molar refractivity (Wildman–Crippen MR) is 101 cm³/mol. The van der Waals surface area contributed by atoms with Crippen LogP contribution in [0, 0.1) is 11.8 Å². The second-order valence-corrected chi connectivity index (χ2v) is 7.89. The number of likely N-dealkylation sites (tertiary alicyclic amines) is 2. The average molecular weight is 352 g/mol. The lowest BCUT2D eigenvalue weighted by Crippen LogP contribution is -2.38. The molecule has 2 aliphatic heterocycles. The normalized spacial score (nSPS) is 21.5. The summed E-state index contributed by atoms with van der Waals surface area (Å²) in [5.41, 5.74) is 0. The first-order chi connectivity index (χ1) is 9.06. The van der Waals surface area contributed by atoms with Crippen LogP contribution in [0.1, 0.15) is 32.1 Å². The van der Waals surface area contributed by atoms with E-state index in [1.807, 2.05) is 0 Å². The van der Waals surface area contributed by atoms with Crippen LogP contribution in [0.3, 0.4) is 0 Å². The second kappa shape index (κ2) is 8.78. The van der Waals surface area contributed by atoms with Crippen LogP contribution < -0.4 is 6.15 Å². The van der Waals surface area contributed by atoms with Crippen molar-refractivity contribution in [1.82, 2.24) is 16.0 Å². The molecule has 116 valence electrons. The lowest BCUT2D eigenvalue weighted by molar-refractivity contribution is 0.193. The van der Waals surface area contributed by atoms with Gasteiger partial charge in [0.2, 0.25) is 0 Å². The molecule has 0 aliphatic carbocycles. The van der Waals surface area contributed by atoms with Crippen molar-refractivity contribution in [3.8, 4) is 0 Å². The van der Waals surface area contributed by atoms with Crippen LogP contribution in [0.5, 0.6) is 0 Å². The van der Waals surface area contributed by atoms with Crippen molar-refractivity contribution in [2.75, 3.05) is 26.2 Å². The van der Waals surface area contributed by atoms with Crippen LogP contribution in [0.2, 0.25) is 0 Å². The molecule has 0 bridgehead atoms. The van der Waals surface area contributed by atoms with E-state index in [4.69, 9.17) is 24.4 Å². The molecule has 2 rings (SSSR count). The van der Waals surface area contributed by atoms with Crippen LogP contribution in [0.15, 0.2) is 0 Å². The Hall–Kier alpha value is 0.440. The zero-order valence-electron chi connectivity index (χ0n) is 11.8. The van der Waals surface area contributed by atoms with Crippen molar-refractivity contribution in [2.45, 2.75) is 32.1 Å². The summed E-state index contributed by atoms with van der Waals surface area (Å²) >= 11 is 18.8. The molecule has 0 aromatic rings. The summed E-state index contributed by atoms with van der Waals surface area (Å²) in [7, 11) is 0. The van der Waals surface area contributed by atoms with Crippen molar-refractivity contribution in [2.24, 2.45) is 11.8 Å². The van der Waals surface area contributed by atoms with E-state index in [0.29, 0.717) is 0 Å². The topological polar surface area (TPSA) is 41.5 Å². The van der Waals surface area contributed by atoms with Gasteiger partial charge in [0.05, 0.1) is 0 Å². The Bertz CT molecular complexity index is 303. The maximum Gasteiger partial charge on any atom is 0.133 e. The van der Waals surface area contributed by atoms with Gasteiger partial charge in [0.15, 0.2) is 0 Å². The van der Waals surface area contributed by atoms with Crippen molar-refractivity contribution >= 4 is 58.3 Å². The summed E-state index contributed by atoms with van der Waals surface area (Å²) in [6.07, 6.45) is 6.45. The van der Waals surface area contributed by atoms with Gasteiger partial charge in [-0.05, 0) is 43.9 Å². The van der Waals surface area contributed by atoms with Gasteiger partial charge >= 0.3 is 0 Å². The van der Waals surface area contributed by atoms with Crippen LogP contribution >= 0.6 is 49.7 Å². The molecule has 0 unspecified atom stereocenters. The molecule has 0 saturated carbocycles. The van der Waals surface area contributed by atoms with Gasteiger partial charge < -0.3 is 16.0 Å². The number of thiol groups is 2. The van der Waals surface area contributed by atoms with Gasteiger partial charge in [-0.1, -0.05) is 24.4 Å². The molecule has 0 spiro atoms. The van der Waals surface area contributed by atoms with E-state index >= 15 is 0 Å². The number of hydrogen-bond donors (Lipinski definition) is 3. The first kappa shape index (κ1) is 18.5. The number of piperidine rings is 2. The number of nitrogens with zero attached hydrogens (tertiary/aromatic N) is 2. The molecule has 2 aliphatic rings. The Morgan fingerprint density at radius 1 is 0.800 bits per heavy atom. The third kappa shape index (κ3) is 5.33. The van der Waals surface area contributed by atoms with Gasteiger partial charge in [-0.3, -0.25) is 0 Å². The molecule has 2 saturated heterocycles. The zero-order valence-corrected chi connectivity index (χ0v) is 15.3. The molecule has 3 N–H and O–H groups in total. The van der Waals surface area contributed by atoms with E-state index in [1.165, 1.54) is 32.1 Å². The molecular weight excluding hydrogens is 326 g/mol. The minimum absolute atomic E-state index is 0. The van der Waals surface area contributed by atoms with Crippen molar-refractivity contribution < 1.29 is 0 Å². The van der Waals surface area contributed by atoms with Crippen LogP contribution in [0.25, 0.3) is 0 Å². The summed E-state index contributed by atoms with van der Waals surface area (Å²) in [6.45, 7) is 4.36. The summed E-state index contributed by atoms with van der Waals surface area (Å²) < 4.78 is 1.52. The van der Waals surface area contributed by atoms with Crippen molar-refractivity contribution in [3.63, 3.8) is 0 Å². The highest BCUT2D eigenvalue weighted by Gasteiger charge is 2.25. The molecule has 0 aromatic heterocycles. The maximum absolute atomic E-state index is 5.12. The molecule has 0 aromatic carbocycles. The smallest absolute Gasteiger partial charge is 0.133 e. The van der Waals surface area contributed by atoms with Crippen LogP contribution in [-0.4, -0.2) is 44.6 Å². The summed E-state index contributed by atoms with van der Waals surface area (Å²) in [5.74, 6) is 1.75. The van der Waals surface area contributed by atoms with E-state index in [9.17, 15) is 0 Å². The lowest BCUT2D eigenvalue weighted by atomic mass is 9.83. The fourth-order valence-corrected chi connectivity index (χ4v) is 3.96. The monoisotopic (exact) mass is 351 g/mol. The predicted octanol–water partition coefficient (Wildman–Crippen LogP) is 3.39. The Morgan fingerprint density at radius 3 is 1.35 bits per heavy atom. The molecule has 3 nitrogen and oxygen atoms in total. The fraction of sp³-hybridized carbons (Fsp3) is 0.846. The molecule has 7 heteroatoms. The standard InChI is InChI=1S/C13H22N2S4.H3N/c16-12(17)14-5-1-10(2-6-14)9-11-3-7-15(8-4-11)13(18)19;/h10-11H,1-9H2,(H,16,17)(H,18,19);1H3. The Labute approximate surface area is 144 Å². The third-order valence-corrected chi connectivity index (χ3v) is 5.52. The molecule has 0 atom stereocenters. The van der Waals surface area contributed by atoms with Crippen LogP contribution in [0.4, 0.5) is 0 Å². The Morgan fingerprint density at radius 2 is 1.10 bits per heavy atom. The number of thiocarbonyl (C=S) groups is 2. The van der Waals surface area contributed by atoms with E-state index in [0.717, 1.165) is 46.7 Å². The quantitative estimate of drug-likeness (QED) is 0.525. The van der Waals surface area contributed by atoms with Gasteiger partial charge in [-0.25, -0.2) is 0 Å². The highest BCUT2D eigenvalue weighted by Crippen LogP contribution is 2.30. The van der Waals surface area contributed by atoms with Gasteiger partial charge in [0, 0.05) is 26.2 Å². The lowest BCUT2D eigenvalue weighted by Gasteiger charge is -2.37. The molecule has 20 heavy (non-hydrogen) atoms. The van der Waals surface area contributed by atoms with E-state index in [2.05, 4.69) is 35.1 Å². The summed E-state index contributed by atoms with van der Waals surface area (Å²) in [6, 6.07) is 0. The van der Waals surface area contributed by atoms with E-state index < -0.39 is 0 Å². The minimum Gasteiger partial charge on any atom is -0.358 e. The summed E-state index contributed by atoms with van der Waals surface area (Å²) in [5, 5.41) is 0. The molecule has 0 amide bonds. The van der Waals surface area contributed by atoms with E-state index in [-0.39, 0.29) is 6.15 Å². The molecule has 2 fully saturated rings. The zero-order chi connectivity index (χ0) is 13.8. The number of rotatable bonds is 2. The Kier molecular flexibility index (Phi) is 8.12. The molecular formula is C13H25N3S4. The maximum atomic E-state index is 5.12. The van der Waals surface area contributed by atoms with Gasteiger partial charge in [-0.2, -0.15) is 0 Å². The second-order valence-electron chi connectivity index (χ2n) is 5.66. The average Bonchev–Trinajstić information content (AvgIpc) is 2.40. The first-order valence-electron chi connectivity index (χ1n) is 7.02. The van der Waals surface area contributed by atoms with Gasteiger partial charge in [0.1, 0.15) is 8.64 Å². The van der Waals surface area contributed by atoms with Gasteiger partial charge in [-0.15, -0.1) is 25.3 Å². The highest BCUT2D eigenvalue weighted by atomic mass is 32.1. The highest BCUT2D eigenvalue weighted by molar-refractivity contribution is 8.11. The van der Waals surface area contributed by atoms with Crippen molar-refractivity contribution in [1.29, 1.82) is 0 Å². The molecule has 2 heterocycles. The first-order valence-corrected chi connectivity index (χ1v) is 8.73. The third-order valence-electron chi connectivity index (χ3n) is 4.44. The van der Waals surface area contributed by atoms with Crippen LogP contribution in [-0.2, 0) is 0 Å². The number of hydrogen-bond acceptors (Lipinski definition) is 3. The summed E-state index contributed by atoms with van der Waals surface area (Å²) in [4.78, 5) is 4.44. The Balaban J connectivity index is 0.00000200. The fourth-order valence-electron chi connectivity index (χ4n) is 3.19. The van der Waals surface area contributed by atoms with E-state index in [1.54, 1.807) is 0 Å². The molecule has 0 radical (unpaired) electrons. The SMILES string of the molecule is N.S=C(S)N1CCC(CC2CCN(C(=S)S)CC2)CC1. The van der Waals surface area contributed by atoms with Crippen molar-refractivity contribution in [3.05, 3.63) is 0 Å².